The molecule has 0 aliphatic carbocycles. The van der Waals surface area contributed by atoms with Gasteiger partial charge in [0.2, 0.25) is 5.91 Å². The highest BCUT2D eigenvalue weighted by molar-refractivity contribution is 5.91. The highest BCUT2D eigenvalue weighted by atomic mass is 16.5. The molecule has 5 nitrogen and oxygen atoms in total. The number of rotatable bonds is 6. The monoisotopic (exact) mass is 312 g/mol. The summed E-state index contributed by atoms with van der Waals surface area (Å²) in [6, 6.07) is 12.9. The molecule has 0 aromatic heterocycles. The number of carbonyl (C=O) groups excluding carboxylic acids is 1. The molecule has 0 saturated carbocycles. The number of ether oxygens (including phenoxy) is 2. The lowest BCUT2D eigenvalue weighted by atomic mass is 10.1. The van der Waals surface area contributed by atoms with E-state index in [4.69, 9.17) is 15.2 Å². The first kappa shape index (κ1) is 16.4. The third kappa shape index (κ3) is 4.51. The van der Waals surface area contributed by atoms with E-state index in [1.807, 2.05) is 30.3 Å². The fourth-order valence-electron chi connectivity index (χ4n) is 2.12. The van der Waals surface area contributed by atoms with Crippen molar-refractivity contribution < 1.29 is 14.3 Å². The molecule has 2 aromatic rings. The summed E-state index contributed by atoms with van der Waals surface area (Å²) in [5.74, 6) is 1.17. The number of methoxy groups -OCH3 is 2. The molecule has 0 fully saturated rings. The number of para-hydroxylation sites is 1. The summed E-state index contributed by atoms with van der Waals surface area (Å²) in [6.45, 7) is 0.401. The average molecular weight is 312 g/mol. The van der Waals surface area contributed by atoms with Gasteiger partial charge in [0.15, 0.2) is 0 Å². The van der Waals surface area contributed by atoms with Gasteiger partial charge < -0.3 is 20.5 Å². The SMILES string of the molecule is COc1ccc(/C=C\C(=O)NCc2ccccc2OC)cc1N. The zero-order chi connectivity index (χ0) is 16.7. The molecular weight excluding hydrogens is 292 g/mol. The lowest BCUT2D eigenvalue weighted by Crippen LogP contribution is -2.20. The van der Waals surface area contributed by atoms with Crippen LogP contribution in [0.15, 0.2) is 48.5 Å². The summed E-state index contributed by atoms with van der Waals surface area (Å²) in [7, 11) is 3.17. The zero-order valence-electron chi connectivity index (χ0n) is 13.2. The van der Waals surface area contributed by atoms with Crippen molar-refractivity contribution in [1.82, 2.24) is 5.32 Å². The third-order valence-corrected chi connectivity index (χ3v) is 3.33. The van der Waals surface area contributed by atoms with E-state index in [0.717, 1.165) is 16.9 Å². The Morgan fingerprint density at radius 1 is 1.13 bits per heavy atom. The van der Waals surface area contributed by atoms with Gasteiger partial charge in [-0.15, -0.1) is 0 Å². The number of anilines is 1. The number of nitrogens with two attached hydrogens (primary N) is 1. The first-order valence-corrected chi connectivity index (χ1v) is 7.15. The van der Waals surface area contributed by atoms with Gasteiger partial charge in [0.25, 0.3) is 0 Å². The smallest absolute Gasteiger partial charge is 0.244 e. The average Bonchev–Trinajstić information content (AvgIpc) is 2.58. The van der Waals surface area contributed by atoms with E-state index in [0.29, 0.717) is 18.0 Å². The number of hydrogen-bond acceptors (Lipinski definition) is 4. The van der Waals surface area contributed by atoms with Crippen LogP contribution in [0.3, 0.4) is 0 Å². The Labute approximate surface area is 135 Å². The summed E-state index contributed by atoms with van der Waals surface area (Å²) >= 11 is 0. The van der Waals surface area contributed by atoms with Gasteiger partial charge in [0.1, 0.15) is 11.5 Å². The second-order valence-corrected chi connectivity index (χ2v) is 4.86. The van der Waals surface area contributed by atoms with Gasteiger partial charge in [-0.2, -0.15) is 0 Å². The zero-order valence-corrected chi connectivity index (χ0v) is 13.2. The summed E-state index contributed by atoms with van der Waals surface area (Å²) in [6.07, 6.45) is 3.17. The van der Waals surface area contributed by atoms with Gasteiger partial charge in [-0.05, 0) is 29.8 Å². The molecule has 0 atom stereocenters. The second-order valence-electron chi connectivity index (χ2n) is 4.86. The maximum atomic E-state index is 11.9. The third-order valence-electron chi connectivity index (χ3n) is 3.33. The van der Waals surface area contributed by atoms with E-state index in [1.54, 1.807) is 32.4 Å². The quantitative estimate of drug-likeness (QED) is 0.635. The van der Waals surface area contributed by atoms with Crippen molar-refractivity contribution in [1.29, 1.82) is 0 Å². The van der Waals surface area contributed by atoms with Gasteiger partial charge in [-0.3, -0.25) is 4.79 Å². The van der Waals surface area contributed by atoms with Crippen molar-refractivity contribution in [3.8, 4) is 11.5 Å². The van der Waals surface area contributed by atoms with Gasteiger partial charge in [-0.1, -0.05) is 24.3 Å². The lowest BCUT2D eigenvalue weighted by Gasteiger charge is -2.08. The molecule has 0 bridgehead atoms. The van der Waals surface area contributed by atoms with E-state index in [2.05, 4.69) is 5.32 Å². The highest BCUT2D eigenvalue weighted by Gasteiger charge is 2.03. The summed E-state index contributed by atoms with van der Waals surface area (Å²) < 4.78 is 10.3. The van der Waals surface area contributed by atoms with Crippen LogP contribution >= 0.6 is 0 Å². The highest BCUT2D eigenvalue weighted by Crippen LogP contribution is 2.22. The normalized spacial score (nSPS) is 10.5. The first-order valence-electron chi connectivity index (χ1n) is 7.15. The van der Waals surface area contributed by atoms with E-state index in [9.17, 15) is 4.79 Å². The van der Waals surface area contributed by atoms with Crippen LogP contribution in [0.1, 0.15) is 11.1 Å². The van der Waals surface area contributed by atoms with Crippen LogP contribution in [0.25, 0.3) is 6.08 Å². The lowest BCUT2D eigenvalue weighted by molar-refractivity contribution is -0.116. The van der Waals surface area contributed by atoms with Gasteiger partial charge in [0, 0.05) is 18.2 Å². The van der Waals surface area contributed by atoms with Crippen LogP contribution in [-0.2, 0) is 11.3 Å². The van der Waals surface area contributed by atoms with Crippen LogP contribution in [0, 0.1) is 0 Å². The Bertz CT molecular complexity index is 711. The number of nitrogens with one attached hydrogen (secondary N) is 1. The minimum atomic E-state index is -0.190. The Balaban J connectivity index is 1.95. The summed E-state index contributed by atoms with van der Waals surface area (Å²) in [5.41, 5.74) is 8.11. The second kappa shape index (κ2) is 7.89. The number of amides is 1. The minimum absolute atomic E-state index is 0.190. The summed E-state index contributed by atoms with van der Waals surface area (Å²) in [5, 5.41) is 2.82. The summed E-state index contributed by atoms with van der Waals surface area (Å²) in [4.78, 5) is 11.9. The molecule has 0 aliphatic heterocycles. The molecule has 23 heavy (non-hydrogen) atoms. The standard InChI is InChI=1S/C18H20N2O3/c1-22-16-6-4-3-5-14(16)12-20-18(21)10-8-13-7-9-17(23-2)15(19)11-13/h3-11H,12,19H2,1-2H3,(H,20,21)/b10-8-. The number of nitrogen functional groups attached to an aromatic ring is 1. The maximum absolute atomic E-state index is 11.9. The molecule has 0 heterocycles. The number of carbonyl (C=O) groups is 1. The van der Waals surface area contributed by atoms with Crippen LogP contribution in [0.2, 0.25) is 0 Å². The van der Waals surface area contributed by atoms with Crippen LogP contribution in [0.5, 0.6) is 11.5 Å². The Morgan fingerprint density at radius 2 is 1.87 bits per heavy atom. The van der Waals surface area contributed by atoms with Gasteiger partial charge in [0.05, 0.1) is 19.9 Å². The maximum Gasteiger partial charge on any atom is 0.244 e. The van der Waals surface area contributed by atoms with Crippen molar-refractivity contribution in [2.45, 2.75) is 6.54 Å². The molecule has 2 aromatic carbocycles. The van der Waals surface area contributed by atoms with Crippen molar-refractivity contribution in [3.05, 3.63) is 59.7 Å². The van der Waals surface area contributed by atoms with E-state index in [-0.39, 0.29) is 5.91 Å². The van der Waals surface area contributed by atoms with Crippen molar-refractivity contribution in [2.24, 2.45) is 0 Å². The van der Waals surface area contributed by atoms with E-state index >= 15 is 0 Å². The van der Waals surface area contributed by atoms with Gasteiger partial charge >= 0.3 is 0 Å². The van der Waals surface area contributed by atoms with E-state index in [1.165, 1.54) is 6.08 Å². The fourth-order valence-corrected chi connectivity index (χ4v) is 2.12. The topological polar surface area (TPSA) is 73.6 Å². The molecule has 2 rings (SSSR count). The molecular formula is C18H20N2O3. The molecule has 0 unspecified atom stereocenters. The Morgan fingerprint density at radius 3 is 2.57 bits per heavy atom. The molecule has 120 valence electrons. The number of benzene rings is 2. The largest absolute Gasteiger partial charge is 0.496 e. The molecule has 0 spiro atoms. The molecule has 5 heteroatoms. The van der Waals surface area contributed by atoms with Crippen LogP contribution < -0.4 is 20.5 Å². The molecule has 3 N–H and O–H groups in total. The minimum Gasteiger partial charge on any atom is -0.496 e. The fraction of sp³-hybridized carbons (Fsp3) is 0.167. The molecule has 0 saturated heterocycles. The van der Waals surface area contributed by atoms with Crippen LogP contribution in [-0.4, -0.2) is 20.1 Å². The van der Waals surface area contributed by atoms with Crippen molar-refractivity contribution in [3.63, 3.8) is 0 Å². The Kier molecular flexibility index (Phi) is 5.63. The molecule has 1 amide bonds. The van der Waals surface area contributed by atoms with E-state index < -0.39 is 0 Å². The first-order chi connectivity index (χ1) is 11.1. The number of hydrogen-bond donors (Lipinski definition) is 2. The van der Waals surface area contributed by atoms with Crippen LogP contribution in [0.4, 0.5) is 5.69 Å². The van der Waals surface area contributed by atoms with Crippen molar-refractivity contribution in [2.75, 3.05) is 20.0 Å². The molecule has 0 aliphatic rings. The predicted octanol–water partition coefficient (Wildman–Crippen LogP) is 2.62. The van der Waals surface area contributed by atoms with Gasteiger partial charge in [-0.25, -0.2) is 0 Å². The Hall–Kier alpha value is -2.95. The van der Waals surface area contributed by atoms with Crippen molar-refractivity contribution >= 4 is 17.7 Å². The molecule has 0 radical (unpaired) electrons. The predicted molar refractivity (Wildman–Crippen MR) is 91.3 cm³/mol.